The Kier molecular flexibility index (Phi) is 4.56. The van der Waals surface area contributed by atoms with Gasteiger partial charge in [0, 0.05) is 0 Å². The van der Waals surface area contributed by atoms with E-state index in [2.05, 4.69) is 20.8 Å². The Morgan fingerprint density at radius 2 is 1.63 bits per heavy atom. The molecule has 0 aromatic heterocycles. The van der Waals surface area contributed by atoms with Crippen molar-refractivity contribution in [3.8, 4) is 0 Å². The standard InChI is InChI=1S/C15H22O4/c1-14(2,3)11-7-6-9-15(10-8-11,12(16)18-4)13(17)19-5/h6-8H,9-10H2,1-5H3. The molecule has 0 aliphatic heterocycles. The van der Waals surface area contributed by atoms with Crippen LogP contribution in [0.4, 0.5) is 0 Å². The van der Waals surface area contributed by atoms with Gasteiger partial charge in [0.15, 0.2) is 5.41 Å². The quantitative estimate of drug-likeness (QED) is 0.569. The van der Waals surface area contributed by atoms with Crippen molar-refractivity contribution in [2.75, 3.05) is 14.2 Å². The SMILES string of the molecule is COC(=O)C1(C(=O)OC)CC=CC(C(C)(C)C)=CC1. The molecule has 0 saturated carbocycles. The molecule has 0 saturated heterocycles. The van der Waals surface area contributed by atoms with Gasteiger partial charge in [-0.05, 0) is 23.8 Å². The molecule has 0 aromatic rings. The van der Waals surface area contributed by atoms with Crippen molar-refractivity contribution in [2.24, 2.45) is 10.8 Å². The Bertz CT molecular complexity index is 408. The van der Waals surface area contributed by atoms with Gasteiger partial charge in [-0.2, -0.15) is 0 Å². The van der Waals surface area contributed by atoms with Crippen molar-refractivity contribution in [2.45, 2.75) is 33.6 Å². The summed E-state index contributed by atoms with van der Waals surface area (Å²) in [6.45, 7) is 6.27. The average molecular weight is 266 g/mol. The number of carbonyl (C=O) groups excluding carboxylic acids is 2. The third kappa shape index (κ3) is 3.06. The molecule has 0 bridgehead atoms. The Morgan fingerprint density at radius 1 is 1.11 bits per heavy atom. The van der Waals surface area contributed by atoms with Crippen LogP contribution in [-0.4, -0.2) is 26.2 Å². The topological polar surface area (TPSA) is 52.6 Å². The Morgan fingerprint density at radius 3 is 2.05 bits per heavy atom. The highest BCUT2D eigenvalue weighted by atomic mass is 16.5. The lowest BCUT2D eigenvalue weighted by atomic mass is 9.80. The highest BCUT2D eigenvalue weighted by Gasteiger charge is 2.47. The monoisotopic (exact) mass is 266 g/mol. The van der Waals surface area contributed by atoms with Crippen LogP contribution in [0.15, 0.2) is 23.8 Å². The molecule has 0 heterocycles. The predicted octanol–water partition coefficient (Wildman–Crippen LogP) is 2.64. The second-order valence-electron chi connectivity index (χ2n) is 5.79. The molecule has 4 heteroatoms. The van der Waals surface area contributed by atoms with Gasteiger partial charge in [-0.15, -0.1) is 0 Å². The average Bonchev–Trinajstić information content (AvgIpc) is 2.59. The van der Waals surface area contributed by atoms with Crippen LogP contribution in [0, 0.1) is 10.8 Å². The van der Waals surface area contributed by atoms with E-state index in [1.807, 2.05) is 18.2 Å². The number of methoxy groups -OCH3 is 2. The second kappa shape index (κ2) is 5.59. The number of esters is 2. The third-order valence-electron chi connectivity index (χ3n) is 3.45. The molecule has 0 radical (unpaired) electrons. The Labute approximate surface area is 114 Å². The van der Waals surface area contributed by atoms with E-state index in [-0.39, 0.29) is 5.41 Å². The molecular formula is C15H22O4. The number of rotatable bonds is 2. The van der Waals surface area contributed by atoms with E-state index in [4.69, 9.17) is 9.47 Å². The lowest BCUT2D eigenvalue weighted by Crippen LogP contribution is -2.40. The van der Waals surface area contributed by atoms with Crippen LogP contribution in [0.5, 0.6) is 0 Å². The molecule has 1 aliphatic carbocycles. The van der Waals surface area contributed by atoms with Crippen molar-refractivity contribution in [3.05, 3.63) is 23.8 Å². The minimum atomic E-state index is -1.26. The normalized spacial score (nSPS) is 18.3. The van der Waals surface area contributed by atoms with Crippen LogP contribution >= 0.6 is 0 Å². The van der Waals surface area contributed by atoms with E-state index >= 15 is 0 Å². The maximum atomic E-state index is 12.0. The smallest absolute Gasteiger partial charge is 0.323 e. The van der Waals surface area contributed by atoms with Gasteiger partial charge in [0.1, 0.15) is 0 Å². The lowest BCUT2D eigenvalue weighted by molar-refractivity contribution is -0.168. The van der Waals surface area contributed by atoms with E-state index in [0.717, 1.165) is 5.57 Å². The molecule has 1 aliphatic rings. The predicted molar refractivity (Wildman–Crippen MR) is 72.4 cm³/mol. The molecule has 0 unspecified atom stereocenters. The van der Waals surface area contributed by atoms with Gasteiger partial charge in [0.2, 0.25) is 0 Å². The molecule has 19 heavy (non-hydrogen) atoms. The van der Waals surface area contributed by atoms with Crippen molar-refractivity contribution in [1.29, 1.82) is 0 Å². The van der Waals surface area contributed by atoms with Gasteiger partial charge in [-0.3, -0.25) is 9.59 Å². The van der Waals surface area contributed by atoms with Gasteiger partial charge in [-0.25, -0.2) is 0 Å². The zero-order valence-corrected chi connectivity index (χ0v) is 12.3. The molecule has 0 spiro atoms. The van der Waals surface area contributed by atoms with Crippen LogP contribution in [0.3, 0.4) is 0 Å². The lowest BCUT2D eigenvalue weighted by Gasteiger charge is -2.25. The molecule has 4 nitrogen and oxygen atoms in total. The Hall–Kier alpha value is -1.58. The van der Waals surface area contributed by atoms with Gasteiger partial charge in [0.25, 0.3) is 0 Å². The fourth-order valence-corrected chi connectivity index (χ4v) is 2.19. The van der Waals surface area contributed by atoms with Crippen LogP contribution in [0.1, 0.15) is 33.6 Å². The van der Waals surface area contributed by atoms with Crippen LogP contribution in [0.25, 0.3) is 0 Å². The first kappa shape index (κ1) is 15.5. The highest BCUT2D eigenvalue weighted by Crippen LogP contribution is 2.37. The maximum Gasteiger partial charge on any atom is 0.323 e. The summed E-state index contributed by atoms with van der Waals surface area (Å²) in [7, 11) is 2.58. The summed E-state index contributed by atoms with van der Waals surface area (Å²) in [5.41, 5.74) is -0.187. The first-order valence-electron chi connectivity index (χ1n) is 6.32. The molecule has 1 rings (SSSR count). The third-order valence-corrected chi connectivity index (χ3v) is 3.45. The molecule has 0 fully saturated rings. The molecular weight excluding hydrogens is 244 g/mol. The number of hydrogen-bond donors (Lipinski definition) is 0. The molecule has 0 aromatic carbocycles. The van der Waals surface area contributed by atoms with E-state index in [0.29, 0.717) is 12.8 Å². The second-order valence-corrected chi connectivity index (χ2v) is 5.79. The number of hydrogen-bond acceptors (Lipinski definition) is 4. The van der Waals surface area contributed by atoms with Gasteiger partial charge in [-0.1, -0.05) is 39.0 Å². The van der Waals surface area contributed by atoms with Crippen molar-refractivity contribution in [3.63, 3.8) is 0 Å². The summed E-state index contributed by atoms with van der Waals surface area (Å²) in [4.78, 5) is 24.0. The van der Waals surface area contributed by atoms with Crippen molar-refractivity contribution in [1.82, 2.24) is 0 Å². The summed E-state index contributed by atoms with van der Waals surface area (Å²) in [5.74, 6) is -1.09. The zero-order chi connectivity index (χ0) is 14.7. The summed E-state index contributed by atoms with van der Waals surface area (Å²) < 4.78 is 9.58. The fourth-order valence-electron chi connectivity index (χ4n) is 2.19. The first-order valence-corrected chi connectivity index (χ1v) is 6.32. The van der Waals surface area contributed by atoms with E-state index in [1.165, 1.54) is 14.2 Å². The summed E-state index contributed by atoms with van der Waals surface area (Å²) in [6.07, 6.45) is 6.33. The number of ether oxygens (including phenoxy) is 2. The van der Waals surface area contributed by atoms with Gasteiger partial charge >= 0.3 is 11.9 Å². The molecule has 0 atom stereocenters. The van der Waals surface area contributed by atoms with Gasteiger partial charge < -0.3 is 9.47 Å². The number of carbonyl (C=O) groups is 2. The van der Waals surface area contributed by atoms with E-state index in [1.54, 1.807) is 0 Å². The highest BCUT2D eigenvalue weighted by molar-refractivity contribution is 6.00. The largest absolute Gasteiger partial charge is 0.468 e. The van der Waals surface area contributed by atoms with Crippen LogP contribution in [-0.2, 0) is 19.1 Å². The van der Waals surface area contributed by atoms with Crippen LogP contribution in [0.2, 0.25) is 0 Å². The summed E-state index contributed by atoms with van der Waals surface area (Å²) >= 11 is 0. The summed E-state index contributed by atoms with van der Waals surface area (Å²) in [6, 6.07) is 0. The zero-order valence-electron chi connectivity index (χ0n) is 12.3. The maximum absolute atomic E-state index is 12.0. The van der Waals surface area contributed by atoms with Gasteiger partial charge in [0.05, 0.1) is 14.2 Å². The molecule has 106 valence electrons. The molecule has 0 amide bonds. The minimum Gasteiger partial charge on any atom is -0.468 e. The molecule has 0 N–H and O–H groups in total. The van der Waals surface area contributed by atoms with Crippen molar-refractivity contribution >= 4 is 11.9 Å². The van der Waals surface area contributed by atoms with E-state index in [9.17, 15) is 9.59 Å². The summed E-state index contributed by atoms with van der Waals surface area (Å²) in [5, 5.41) is 0. The van der Waals surface area contributed by atoms with E-state index < -0.39 is 17.4 Å². The number of allylic oxidation sites excluding steroid dienone is 4. The fraction of sp³-hybridized carbons (Fsp3) is 0.600. The Balaban J connectivity index is 3.18. The van der Waals surface area contributed by atoms with Crippen LogP contribution < -0.4 is 0 Å². The first-order chi connectivity index (χ1) is 8.78. The van der Waals surface area contributed by atoms with Crippen molar-refractivity contribution < 1.29 is 19.1 Å². The minimum absolute atomic E-state index is 0.0289.